The summed E-state index contributed by atoms with van der Waals surface area (Å²) in [4.78, 5) is 0. The zero-order valence-electron chi connectivity index (χ0n) is 16.2. The van der Waals surface area contributed by atoms with Gasteiger partial charge in [0.25, 0.3) is 0 Å². The Morgan fingerprint density at radius 1 is 0.897 bits per heavy atom. The van der Waals surface area contributed by atoms with E-state index in [2.05, 4.69) is 0 Å². The minimum Gasteiger partial charge on any atom is -0.494 e. The van der Waals surface area contributed by atoms with Gasteiger partial charge >= 0.3 is 0 Å². The predicted molar refractivity (Wildman–Crippen MR) is 111 cm³/mol. The van der Waals surface area contributed by atoms with Crippen molar-refractivity contribution in [3.63, 3.8) is 0 Å². The van der Waals surface area contributed by atoms with Crippen LogP contribution in [0.1, 0.15) is 25.0 Å². The molecule has 3 aromatic rings. The number of hydrogen-bond donors (Lipinski definition) is 0. The molecule has 0 unspecified atom stereocenters. The number of rotatable bonds is 7. The third kappa shape index (κ3) is 4.62. The van der Waals surface area contributed by atoms with E-state index in [1.807, 2.05) is 13.8 Å². The normalized spacial score (nSPS) is 12.3. The highest BCUT2D eigenvalue weighted by molar-refractivity contribution is 5.91. The maximum absolute atomic E-state index is 14.7. The highest BCUT2D eigenvalue weighted by Crippen LogP contribution is 2.33. The quantitative estimate of drug-likeness (QED) is 0.312. The molecule has 0 radical (unpaired) electrons. The number of ether oxygens (including phenoxy) is 2. The fourth-order valence-corrected chi connectivity index (χ4v) is 2.87. The van der Waals surface area contributed by atoms with Crippen molar-refractivity contribution in [1.82, 2.24) is 0 Å². The lowest BCUT2D eigenvalue weighted by atomic mass is 10.0. The molecule has 0 aromatic heterocycles. The van der Waals surface area contributed by atoms with Gasteiger partial charge in [0.05, 0.1) is 6.61 Å². The number of hydrogen-bond acceptors (Lipinski definition) is 2. The van der Waals surface area contributed by atoms with Crippen molar-refractivity contribution in [3.05, 3.63) is 83.7 Å². The molecule has 0 aliphatic heterocycles. The zero-order valence-corrected chi connectivity index (χ0v) is 16.2. The lowest BCUT2D eigenvalue weighted by Crippen LogP contribution is -1.96. The molecular formula is C24H21F3O2. The van der Waals surface area contributed by atoms with Gasteiger partial charge < -0.3 is 9.47 Å². The summed E-state index contributed by atoms with van der Waals surface area (Å²) < 4.78 is 54.6. The van der Waals surface area contributed by atoms with E-state index in [9.17, 15) is 13.2 Å². The molecule has 0 saturated carbocycles. The topological polar surface area (TPSA) is 18.5 Å². The fraction of sp³-hybridized carbons (Fsp3) is 0.167. The Kier molecular flexibility index (Phi) is 6.60. The average Bonchev–Trinajstić information content (AvgIpc) is 2.75. The Balaban J connectivity index is 1.92. The smallest absolute Gasteiger partial charge is 0.172 e. The number of fused-ring (bicyclic) bond motifs is 1. The lowest BCUT2D eigenvalue weighted by Gasteiger charge is -2.09. The second-order valence-corrected chi connectivity index (χ2v) is 6.28. The van der Waals surface area contributed by atoms with Gasteiger partial charge in [-0.1, -0.05) is 30.4 Å². The largest absolute Gasteiger partial charge is 0.494 e. The van der Waals surface area contributed by atoms with E-state index in [4.69, 9.17) is 9.47 Å². The van der Waals surface area contributed by atoms with Gasteiger partial charge in [-0.2, -0.15) is 0 Å². The average molecular weight is 398 g/mol. The number of allylic oxidation sites excluding steroid dienone is 1. The molecule has 0 aliphatic carbocycles. The van der Waals surface area contributed by atoms with Gasteiger partial charge in [-0.15, -0.1) is 0 Å². The first-order chi connectivity index (χ1) is 14.0. The Morgan fingerprint density at radius 2 is 1.59 bits per heavy atom. The van der Waals surface area contributed by atoms with Crippen LogP contribution in [0.15, 0.2) is 66.7 Å². The van der Waals surface area contributed by atoms with Crippen LogP contribution in [0.3, 0.4) is 0 Å². The Hall–Kier alpha value is -3.21. The summed E-state index contributed by atoms with van der Waals surface area (Å²) >= 11 is 0. The molecule has 29 heavy (non-hydrogen) atoms. The van der Waals surface area contributed by atoms with Gasteiger partial charge in [-0.25, -0.2) is 13.2 Å². The van der Waals surface area contributed by atoms with E-state index in [-0.39, 0.29) is 28.9 Å². The van der Waals surface area contributed by atoms with Crippen molar-refractivity contribution in [1.29, 1.82) is 0 Å². The van der Waals surface area contributed by atoms with E-state index >= 15 is 0 Å². The maximum Gasteiger partial charge on any atom is 0.172 e. The summed E-state index contributed by atoms with van der Waals surface area (Å²) in [6.45, 7) is 4.42. The molecule has 0 aliphatic rings. The summed E-state index contributed by atoms with van der Waals surface area (Å²) in [5.74, 6) is -1.84. The van der Waals surface area contributed by atoms with Gasteiger partial charge in [0.15, 0.2) is 23.2 Å². The van der Waals surface area contributed by atoms with Crippen LogP contribution in [0.25, 0.3) is 22.4 Å². The summed E-state index contributed by atoms with van der Waals surface area (Å²) in [6, 6.07) is 13.4. The first-order valence-electron chi connectivity index (χ1n) is 9.30. The van der Waals surface area contributed by atoms with Crippen molar-refractivity contribution >= 4 is 22.4 Å². The summed E-state index contributed by atoms with van der Waals surface area (Å²) in [5, 5.41) is 0.731. The third-order valence-corrected chi connectivity index (χ3v) is 4.35. The van der Waals surface area contributed by atoms with Crippen LogP contribution in [0.5, 0.6) is 11.5 Å². The van der Waals surface area contributed by atoms with Crippen molar-refractivity contribution in [2.45, 2.75) is 13.8 Å². The van der Waals surface area contributed by atoms with E-state index in [1.54, 1.807) is 30.4 Å². The fourth-order valence-electron chi connectivity index (χ4n) is 2.87. The number of benzene rings is 3. The molecule has 0 saturated heterocycles. The summed E-state index contributed by atoms with van der Waals surface area (Å²) in [6.07, 6.45) is 3.57. The van der Waals surface area contributed by atoms with E-state index in [1.165, 1.54) is 36.4 Å². The monoisotopic (exact) mass is 398 g/mol. The van der Waals surface area contributed by atoms with Crippen molar-refractivity contribution < 1.29 is 22.6 Å². The Labute approximate surface area is 167 Å². The SMILES string of the molecule is CC=CCOc1ccc2cc(C(F)=C(F)c3ccc(OCC)cc3)ccc2c1F. The van der Waals surface area contributed by atoms with Crippen LogP contribution in [0.4, 0.5) is 13.2 Å². The molecular weight excluding hydrogens is 377 g/mol. The summed E-state index contributed by atoms with van der Waals surface area (Å²) in [7, 11) is 0. The van der Waals surface area contributed by atoms with Crippen LogP contribution in [0.2, 0.25) is 0 Å². The van der Waals surface area contributed by atoms with Crippen molar-refractivity contribution in [2.75, 3.05) is 13.2 Å². The molecule has 150 valence electrons. The van der Waals surface area contributed by atoms with Gasteiger partial charge in [0.1, 0.15) is 12.4 Å². The van der Waals surface area contributed by atoms with E-state index in [0.717, 1.165) is 0 Å². The molecule has 0 bridgehead atoms. The van der Waals surface area contributed by atoms with Gasteiger partial charge in [0, 0.05) is 16.5 Å². The van der Waals surface area contributed by atoms with Crippen LogP contribution < -0.4 is 9.47 Å². The van der Waals surface area contributed by atoms with Gasteiger partial charge in [0.2, 0.25) is 0 Å². The Morgan fingerprint density at radius 3 is 2.28 bits per heavy atom. The minimum atomic E-state index is -1.01. The van der Waals surface area contributed by atoms with Crippen molar-refractivity contribution in [2.24, 2.45) is 0 Å². The second kappa shape index (κ2) is 9.32. The molecule has 0 atom stereocenters. The van der Waals surface area contributed by atoms with E-state index in [0.29, 0.717) is 17.7 Å². The molecule has 2 nitrogen and oxygen atoms in total. The number of halogens is 3. The van der Waals surface area contributed by atoms with Crippen LogP contribution in [0, 0.1) is 5.82 Å². The van der Waals surface area contributed by atoms with Gasteiger partial charge in [-0.3, -0.25) is 0 Å². The third-order valence-electron chi connectivity index (χ3n) is 4.35. The molecule has 0 spiro atoms. The van der Waals surface area contributed by atoms with Crippen LogP contribution in [-0.4, -0.2) is 13.2 Å². The highest BCUT2D eigenvalue weighted by Gasteiger charge is 2.14. The summed E-state index contributed by atoms with van der Waals surface area (Å²) in [5.41, 5.74) is 0.135. The molecule has 0 N–H and O–H groups in total. The molecule has 0 amide bonds. The molecule has 0 fully saturated rings. The zero-order chi connectivity index (χ0) is 20.8. The predicted octanol–water partition coefficient (Wildman–Crippen LogP) is 7.10. The molecule has 0 heterocycles. The maximum atomic E-state index is 14.7. The standard InChI is InChI=1S/C24H21F3O2/c1-3-5-14-29-21-13-9-17-15-18(8-12-20(17)24(21)27)23(26)22(25)16-6-10-19(11-7-16)28-4-2/h3,5-13,15H,4,14H2,1-2H3. The minimum absolute atomic E-state index is 0.0332. The first kappa shape index (κ1) is 20.5. The van der Waals surface area contributed by atoms with Crippen molar-refractivity contribution in [3.8, 4) is 11.5 Å². The first-order valence-corrected chi connectivity index (χ1v) is 9.30. The molecule has 5 heteroatoms. The second-order valence-electron chi connectivity index (χ2n) is 6.28. The highest BCUT2D eigenvalue weighted by atomic mass is 19.2. The molecule has 3 aromatic carbocycles. The van der Waals surface area contributed by atoms with Crippen LogP contribution >= 0.6 is 0 Å². The van der Waals surface area contributed by atoms with E-state index < -0.39 is 17.5 Å². The lowest BCUT2D eigenvalue weighted by molar-refractivity contribution is 0.340. The Bertz CT molecular complexity index is 1050. The van der Waals surface area contributed by atoms with Crippen LogP contribution in [-0.2, 0) is 0 Å². The van der Waals surface area contributed by atoms with Gasteiger partial charge in [-0.05, 0) is 55.6 Å². The molecule has 3 rings (SSSR count).